The SMILES string of the molecule is Cc1cccc(NC(=O)C2(c3cccc(Cl)c3)CCCCC2)c1C. The average Bonchev–Trinajstić information content (AvgIpc) is 2.59. The van der Waals surface area contributed by atoms with Crippen LogP contribution in [0.4, 0.5) is 5.69 Å². The first-order chi connectivity index (χ1) is 11.5. The second-order valence-corrected chi connectivity index (χ2v) is 7.29. The number of halogens is 1. The van der Waals surface area contributed by atoms with E-state index < -0.39 is 5.41 Å². The number of anilines is 1. The lowest BCUT2D eigenvalue weighted by Crippen LogP contribution is -2.42. The number of amides is 1. The van der Waals surface area contributed by atoms with Crippen LogP contribution < -0.4 is 5.32 Å². The number of carbonyl (C=O) groups excluding carboxylic acids is 1. The Morgan fingerprint density at radius 2 is 1.75 bits per heavy atom. The number of nitrogens with one attached hydrogen (secondary N) is 1. The number of rotatable bonds is 3. The third-order valence-corrected chi connectivity index (χ3v) is 5.61. The van der Waals surface area contributed by atoms with Crippen LogP contribution in [0.15, 0.2) is 42.5 Å². The van der Waals surface area contributed by atoms with Crippen molar-refractivity contribution >= 4 is 23.2 Å². The summed E-state index contributed by atoms with van der Waals surface area (Å²) in [6, 6.07) is 13.8. The number of hydrogen-bond acceptors (Lipinski definition) is 1. The van der Waals surface area contributed by atoms with Gasteiger partial charge in [0.2, 0.25) is 5.91 Å². The van der Waals surface area contributed by atoms with E-state index in [2.05, 4.69) is 25.2 Å². The Hall–Kier alpha value is -1.80. The quantitative estimate of drug-likeness (QED) is 0.751. The molecule has 2 nitrogen and oxygen atoms in total. The predicted molar refractivity (Wildman–Crippen MR) is 101 cm³/mol. The van der Waals surface area contributed by atoms with Crippen molar-refractivity contribution in [3.05, 3.63) is 64.2 Å². The molecule has 1 aliphatic carbocycles. The Labute approximate surface area is 149 Å². The van der Waals surface area contributed by atoms with Gasteiger partial charge in [-0.25, -0.2) is 0 Å². The van der Waals surface area contributed by atoms with Crippen molar-refractivity contribution < 1.29 is 4.79 Å². The van der Waals surface area contributed by atoms with Gasteiger partial charge in [0.15, 0.2) is 0 Å². The summed E-state index contributed by atoms with van der Waals surface area (Å²) in [5.41, 5.74) is 3.79. The standard InChI is InChI=1S/C21H24ClNO/c1-15-8-6-11-19(16(15)2)23-20(24)21(12-4-3-5-13-21)17-9-7-10-18(22)14-17/h6-11,14H,3-5,12-13H2,1-2H3,(H,23,24). The molecule has 2 aromatic rings. The average molecular weight is 342 g/mol. The minimum atomic E-state index is -0.473. The van der Waals surface area contributed by atoms with Crippen LogP contribution in [0.25, 0.3) is 0 Å². The van der Waals surface area contributed by atoms with E-state index in [1.165, 1.54) is 12.0 Å². The second-order valence-electron chi connectivity index (χ2n) is 6.85. The van der Waals surface area contributed by atoms with E-state index in [1.807, 2.05) is 36.4 Å². The first-order valence-electron chi connectivity index (χ1n) is 8.67. The molecule has 0 saturated heterocycles. The lowest BCUT2D eigenvalue weighted by Gasteiger charge is -2.36. The summed E-state index contributed by atoms with van der Waals surface area (Å²) in [6.07, 6.45) is 5.10. The van der Waals surface area contributed by atoms with Crippen molar-refractivity contribution in [2.24, 2.45) is 0 Å². The number of benzene rings is 2. The molecule has 0 aliphatic heterocycles. The summed E-state index contributed by atoms with van der Waals surface area (Å²) in [4.78, 5) is 13.3. The van der Waals surface area contributed by atoms with E-state index in [-0.39, 0.29) is 5.91 Å². The minimum Gasteiger partial charge on any atom is -0.325 e. The summed E-state index contributed by atoms with van der Waals surface area (Å²) < 4.78 is 0. The van der Waals surface area contributed by atoms with Crippen molar-refractivity contribution in [3.8, 4) is 0 Å². The van der Waals surface area contributed by atoms with Gasteiger partial charge in [0.25, 0.3) is 0 Å². The molecule has 1 fully saturated rings. The van der Waals surface area contributed by atoms with Crippen molar-refractivity contribution in [1.29, 1.82) is 0 Å². The Bertz CT molecular complexity index is 747. The van der Waals surface area contributed by atoms with Gasteiger partial charge in [0.05, 0.1) is 5.41 Å². The van der Waals surface area contributed by atoms with E-state index >= 15 is 0 Å². The van der Waals surface area contributed by atoms with Crippen LogP contribution in [0.5, 0.6) is 0 Å². The van der Waals surface area contributed by atoms with E-state index in [9.17, 15) is 4.79 Å². The molecular formula is C21H24ClNO. The molecule has 126 valence electrons. The molecule has 0 bridgehead atoms. The van der Waals surface area contributed by atoms with Crippen molar-refractivity contribution in [2.45, 2.75) is 51.4 Å². The van der Waals surface area contributed by atoms with Crippen LogP contribution in [0.2, 0.25) is 5.02 Å². The lowest BCUT2D eigenvalue weighted by molar-refractivity contribution is -0.122. The Morgan fingerprint density at radius 1 is 1.04 bits per heavy atom. The van der Waals surface area contributed by atoms with E-state index in [0.29, 0.717) is 5.02 Å². The molecule has 0 atom stereocenters. The molecule has 1 saturated carbocycles. The van der Waals surface area contributed by atoms with Crippen LogP contribution in [-0.2, 0) is 10.2 Å². The van der Waals surface area contributed by atoms with E-state index in [0.717, 1.165) is 42.5 Å². The van der Waals surface area contributed by atoms with E-state index in [4.69, 9.17) is 11.6 Å². The monoisotopic (exact) mass is 341 g/mol. The predicted octanol–water partition coefficient (Wildman–Crippen LogP) is 5.80. The molecule has 24 heavy (non-hydrogen) atoms. The van der Waals surface area contributed by atoms with E-state index in [1.54, 1.807) is 0 Å². The lowest BCUT2D eigenvalue weighted by atomic mass is 9.68. The Morgan fingerprint density at radius 3 is 2.46 bits per heavy atom. The Kier molecular flexibility index (Phi) is 4.96. The summed E-state index contributed by atoms with van der Waals surface area (Å²) in [6.45, 7) is 4.12. The molecular weight excluding hydrogens is 318 g/mol. The molecule has 1 aliphatic rings. The fourth-order valence-electron chi connectivity index (χ4n) is 3.72. The third-order valence-electron chi connectivity index (χ3n) is 5.37. The molecule has 3 heteroatoms. The first kappa shape index (κ1) is 17.0. The van der Waals surface area contributed by atoms with Crippen LogP contribution in [0.1, 0.15) is 48.8 Å². The highest BCUT2D eigenvalue weighted by atomic mass is 35.5. The van der Waals surface area contributed by atoms with Crippen LogP contribution >= 0.6 is 11.6 Å². The fourth-order valence-corrected chi connectivity index (χ4v) is 3.91. The smallest absolute Gasteiger partial charge is 0.235 e. The zero-order chi connectivity index (χ0) is 17.2. The Balaban J connectivity index is 1.97. The number of carbonyl (C=O) groups is 1. The summed E-state index contributed by atoms with van der Waals surface area (Å²) in [7, 11) is 0. The maximum absolute atomic E-state index is 13.3. The summed E-state index contributed by atoms with van der Waals surface area (Å²) >= 11 is 6.21. The van der Waals surface area contributed by atoms with Crippen molar-refractivity contribution in [1.82, 2.24) is 0 Å². The van der Waals surface area contributed by atoms with Gasteiger partial charge in [-0.3, -0.25) is 4.79 Å². The normalized spacial score (nSPS) is 16.6. The van der Waals surface area contributed by atoms with Gasteiger partial charge in [0, 0.05) is 10.7 Å². The number of hydrogen-bond donors (Lipinski definition) is 1. The zero-order valence-electron chi connectivity index (χ0n) is 14.4. The van der Waals surface area contributed by atoms with Crippen LogP contribution in [0, 0.1) is 13.8 Å². The summed E-state index contributed by atoms with van der Waals surface area (Å²) in [5.74, 6) is 0.0955. The van der Waals surface area contributed by atoms with Gasteiger partial charge in [0.1, 0.15) is 0 Å². The van der Waals surface area contributed by atoms with Gasteiger partial charge in [-0.15, -0.1) is 0 Å². The minimum absolute atomic E-state index is 0.0955. The summed E-state index contributed by atoms with van der Waals surface area (Å²) in [5, 5.41) is 3.89. The van der Waals surface area contributed by atoms with Gasteiger partial charge in [-0.05, 0) is 61.6 Å². The highest BCUT2D eigenvalue weighted by Gasteiger charge is 2.41. The molecule has 2 aromatic carbocycles. The molecule has 1 amide bonds. The maximum atomic E-state index is 13.3. The maximum Gasteiger partial charge on any atom is 0.235 e. The molecule has 1 N–H and O–H groups in total. The van der Waals surface area contributed by atoms with Gasteiger partial charge >= 0.3 is 0 Å². The first-order valence-corrected chi connectivity index (χ1v) is 9.04. The van der Waals surface area contributed by atoms with Gasteiger partial charge < -0.3 is 5.32 Å². The molecule has 0 spiro atoms. The molecule has 0 aromatic heterocycles. The molecule has 0 radical (unpaired) electrons. The molecule has 0 unspecified atom stereocenters. The zero-order valence-corrected chi connectivity index (χ0v) is 15.1. The highest BCUT2D eigenvalue weighted by molar-refractivity contribution is 6.30. The largest absolute Gasteiger partial charge is 0.325 e. The third kappa shape index (κ3) is 3.21. The second kappa shape index (κ2) is 6.98. The van der Waals surface area contributed by atoms with Crippen LogP contribution in [-0.4, -0.2) is 5.91 Å². The number of aryl methyl sites for hydroxylation is 1. The van der Waals surface area contributed by atoms with Gasteiger partial charge in [-0.2, -0.15) is 0 Å². The van der Waals surface area contributed by atoms with Gasteiger partial charge in [-0.1, -0.05) is 55.1 Å². The van der Waals surface area contributed by atoms with Crippen LogP contribution in [0.3, 0.4) is 0 Å². The fraction of sp³-hybridized carbons (Fsp3) is 0.381. The molecule has 3 rings (SSSR count). The van der Waals surface area contributed by atoms with Crippen molar-refractivity contribution in [3.63, 3.8) is 0 Å². The highest BCUT2D eigenvalue weighted by Crippen LogP contribution is 2.41. The van der Waals surface area contributed by atoms with Crippen molar-refractivity contribution in [2.75, 3.05) is 5.32 Å². The molecule has 0 heterocycles. The topological polar surface area (TPSA) is 29.1 Å².